The average Bonchev–Trinajstić information content (AvgIpc) is 2.69. The fourth-order valence-electron chi connectivity index (χ4n) is 2.14. The van der Waals surface area contributed by atoms with Crippen molar-refractivity contribution in [3.8, 4) is 11.4 Å². The smallest absolute Gasteiger partial charge is 0.399 e. The van der Waals surface area contributed by atoms with Crippen LogP contribution in [0.1, 0.15) is 27.7 Å². The molecule has 6 heteroatoms. The second-order valence-corrected chi connectivity index (χ2v) is 6.15. The van der Waals surface area contributed by atoms with Crippen molar-refractivity contribution in [1.82, 2.24) is 15.0 Å². The van der Waals surface area contributed by atoms with E-state index in [9.17, 15) is 0 Å². The van der Waals surface area contributed by atoms with Crippen LogP contribution in [0.4, 0.5) is 0 Å². The Hall–Kier alpha value is -1.79. The van der Waals surface area contributed by atoms with Crippen LogP contribution < -0.4 is 5.46 Å². The highest BCUT2D eigenvalue weighted by Crippen LogP contribution is 2.36. The molecule has 0 unspecified atom stereocenters. The molecule has 0 bridgehead atoms. The van der Waals surface area contributed by atoms with E-state index in [1.54, 1.807) is 24.8 Å². The van der Waals surface area contributed by atoms with Gasteiger partial charge in [-0.15, -0.1) is 0 Å². The molecule has 1 aliphatic rings. The molecule has 0 saturated carbocycles. The molecule has 0 N–H and O–H groups in total. The molecule has 1 aliphatic heterocycles. The molecule has 0 atom stereocenters. The zero-order valence-corrected chi connectivity index (χ0v) is 12.7. The van der Waals surface area contributed by atoms with Crippen molar-refractivity contribution in [3.05, 3.63) is 36.9 Å². The van der Waals surface area contributed by atoms with Crippen molar-refractivity contribution >= 4 is 12.6 Å². The van der Waals surface area contributed by atoms with Gasteiger partial charge in [-0.25, -0.2) is 0 Å². The Kier molecular flexibility index (Phi) is 3.30. The molecule has 0 spiro atoms. The molecule has 0 radical (unpaired) electrons. The lowest BCUT2D eigenvalue weighted by Gasteiger charge is -2.32. The quantitative estimate of drug-likeness (QED) is 0.787. The lowest BCUT2D eigenvalue weighted by Crippen LogP contribution is -2.41. The molecule has 0 aromatic carbocycles. The molecular formula is C15H18BN3O2. The first kappa shape index (κ1) is 14.2. The minimum absolute atomic E-state index is 0.354. The summed E-state index contributed by atoms with van der Waals surface area (Å²) in [5, 5.41) is 0. The minimum Gasteiger partial charge on any atom is -0.399 e. The summed E-state index contributed by atoms with van der Waals surface area (Å²) in [4.78, 5) is 12.7. The molecule has 21 heavy (non-hydrogen) atoms. The topological polar surface area (TPSA) is 57.1 Å². The van der Waals surface area contributed by atoms with Gasteiger partial charge in [0.2, 0.25) is 0 Å². The van der Waals surface area contributed by atoms with Gasteiger partial charge in [0.25, 0.3) is 0 Å². The lowest BCUT2D eigenvalue weighted by molar-refractivity contribution is 0.00578. The molecule has 1 saturated heterocycles. The molecule has 5 nitrogen and oxygen atoms in total. The first-order valence-corrected chi connectivity index (χ1v) is 6.97. The highest BCUT2D eigenvalue weighted by atomic mass is 16.7. The van der Waals surface area contributed by atoms with Crippen molar-refractivity contribution in [3.63, 3.8) is 0 Å². The van der Waals surface area contributed by atoms with E-state index < -0.39 is 7.12 Å². The van der Waals surface area contributed by atoms with Crippen LogP contribution in [0.3, 0.4) is 0 Å². The molecular weight excluding hydrogens is 265 g/mol. The third kappa shape index (κ3) is 2.56. The van der Waals surface area contributed by atoms with E-state index in [0.29, 0.717) is 0 Å². The summed E-state index contributed by atoms with van der Waals surface area (Å²) in [7, 11) is -0.395. The Bertz CT molecular complexity index is 630. The zero-order valence-electron chi connectivity index (χ0n) is 12.7. The van der Waals surface area contributed by atoms with Crippen molar-refractivity contribution in [2.45, 2.75) is 38.9 Å². The Morgan fingerprint density at radius 1 is 0.905 bits per heavy atom. The molecule has 3 heterocycles. The van der Waals surface area contributed by atoms with E-state index >= 15 is 0 Å². The van der Waals surface area contributed by atoms with Gasteiger partial charge >= 0.3 is 7.12 Å². The predicted octanol–water partition coefficient (Wildman–Crippen LogP) is 1.84. The van der Waals surface area contributed by atoms with E-state index in [1.807, 2.05) is 39.8 Å². The highest BCUT2D eigenvalue weighted by molar-refractivity contribution is 6.62. The summed E-state index contributed by atoms with van der Waals surface area (Å²) in [6.45, 7) is 8.16. The third-order valence-corrected chi connectivity index (χ3v) is 4.14. The van der Waals surface area contributed by atoms with Gasteiger partial charge in [0.15, 0.2) is 0 Å². The van der Waals surface area contributed by atoms with Gasteiger partial charge in [-0.1, -0.05) is 0 Å². The van der Waals surface area contributed by atoms with Crippen LogP contribution in [0.5, 0.6) is 0 Å². The summed E-state index contributed by atoms with van der Waals surface area (Å²) in [6, 6.07) is 3.84. The van der Waals surface area contributed by atoms with Gasteiger partial charge in [0.1, 0.15) is 5.69 Å². The van der Waals surface area contributed by atoms with E-state index in [0.717, 1.165) is 16.9 Å². The number of hydrogen-bond donors (Lipinski definition) is 0. The maximum absolute atomic E-state index is 6.05. The maximum atomic E-state index is 6.05. The lowest BCUT2D eigenvalue weighted by atomic mass is 9.79. The van der Waals surface area contributed by atoms with Crippen LogP contribution >= 0.6 is 0 Å². The van der Waals surface area contributed by atoms with E-state index in [-0.39, 0.29) is 11.2 Å². The maximum Gasteiger partial charge on any atom is 0.494 e. The van der Waals surface area contributed by atoms with E-state index in [4.69, 9.17) is 9.31 Å². The Balaban J connectivity index is 1.92. The normalized spacial score (nSPS) is 19.7. The molecule has 1 fully saturated rings. The fourth-order valence-corrected chi connectivity index (χ4v) is 2.14. The second-order valence-electron chi connectivity index (χ2n) is 6.15. The van der Waals surface area contributed by atoms with Gasteiger partial charge in [-0.2, -0.15) is 0 Å². The van der Waals surface area contributed by atoms with Gasteiger partial charge in [0.05, 0.1) is 23.1 Å². The first-order chi connectivity index (χ1) is 9.89. The second kappa shape index (κ2) is 4.89. The van der Waals surface area contributed by atoms with E-state index in [2.05, 4.69) is 15.0 Å². The molecule has 2 aromatic heterocycles. The first-order valence-electron chi connectivity index (χ1n) is 6.97. The van der Waals surface area contributed by atoms with Crippen molar-refractivity contribution in [1.29, 1.82) is 0 Å². The van der Waals surface area contributed by atoms with Crippen LogP contribution in [0, 0.1) is 0 Å². The number of rotatable bonds is 2. The number of hydrogen-bond acceptors (Lipinski definition) is 5. The minimum atomic E-state index is -0.395. The molecule has 0 amide bonds. The van der Waals surface area contributed by atoms with Crippen molar-refractivity contribution < 1.29 is 9.31 Å². The van der Waals surface area contributed by atoms with Gasteiger partial charge < -0.3 is 9.31 Å². The van der Waals surface area contributed by atoms with Crippen LogP contribution in [-0.4, -0.2) is 33.3 Å². The number of nitrogens with zero attached hydrogens (tertiary/aromatic N) is 3. The largest absolute Gasteiger partial charge is 0.494 e. The Morgan fingerprint density at radius 2 is 1.57 bits per heavy atom. The third-order valence-electron chi connectivity index (χ3n) is 4.14. The van der Waals surface area contributed by atoms with Crippen LogP contribution in [0.15, 0.2) is 36.9 Å². The zero-order chi connectivity index (χ0) is 15.1. The van der Waals surface area contributed by atoms with Gasteiger partial charge in [-0.3, -0.25) is 15.0 Å². The van der Waals surface area contributed by atoms with Gasteiger partial charge in [-0.05, 0) is 45.3 Å². The van der Waals surface area contributed by atoms with Crippen molar-refractivity contribution in [2.75, 3.05) is 0 Å². The van der Waals surface area contributed by atoms with Crippen LogP contribution in [-0.2, 0) is 9.31 Å². The monoisotopic (exact) mass is 283 g/mol. The standard InChI is InChI=1S/C15H18BN3O2/c1-14(2)15(3,4)21-16(20-14)11-5-6-18-12(9-11)13-10-17-7-8-19-13/h5-10H,1-4H3. The van der Waals surface area contributed by atoms with Gasteiger partial charge in [0, 0.05) is 18.6 Å². The predicted molar refractivity (Wildman–Crippen MR) is 81.0 cm³/mol. The fraction of sp³-hybridized carbons (Fsp3) is 0.400. The molecule has 2 aromatic rings. The van der Waals surface area contributed by atoms with E-state index in [1.165, 1.54) is 0 Å². The summed E-state index contributed by atoms with van der Waals surface area (Å²) in [5.41, 5.74) is 1.72. The molecule has 3 rings (SSSR count). The Morgan fingerprint density at radius 3 is 2.19 bits per heavy atom. The average molecular weight is 283 g/mol. The number of pyridine rings is 1. The van der Waals surface area contributed by atoms with Crippen LogP contribution in [0.25, 0.3) is 11.4 Å². The number of aromatic nitrogens is 3. The SMILES string of the molecule is CC1(C)OB(c2ccnc(-c3cnccn3)c2)OC1(C)C. The van der Waals surface area contributed by atoms with Crippen molar-refractivity contribution in [2.24, 2.45) is 0 Å². The summed E-state index contributed by atoms with van der Waals surface area (Å²) in [6.07, 6.45) is 6.72. The highest BCUT2D eigenvalue weighted by Gasteiger charge is 2.51. The molecule has 0 aliphatic carbocycles. The summed E-state index contributed by atoms with van der Waals surface area (Å²) < 4.78 is 12.1. The summed E-state index contributed by atoms with van der Waals surface area (Å²) >= 11 is 0. The molecule has 108 valence electrons. The van der Waals surface area contributed by atoms with Crippen LogP contribution in [0.2, 0.25) is 0 Å². The summed E-state index contributed by atoms with van der Waals surface area (Å²) in [5.74, 6) is 0. The Labute approximate surface area is 124 Å².